The highest BCUT2D eigenvalue weighted by atomic mass is 16.5. The molecule has 0 unspecified atom stereocenters. The van der Waals surface area contributed by atoms with Crippen molar-refractivity contribution in [1.82, 2.24) is 4.98 Å². The average Bonchev–Trinajstić information content (AvgIpc) is 3.03. The lowest BCUT2D eigenvalue weighted by atomic mass is 10.2. The molecule has 1 heterocycles. The smallest absolute Gasteiger partial charge is 0.227 e. The lowest BCUT2D eigenvalue weighted by Crippen LogP contribution is -1.95. The molecule has 0 saturated heterocycles. The van der Waals surface area contributed by atoms with Crippen LogP contribution in [0.25, 0.3) is 22.6 Å². The number of hydrogen-bond acceptors (Lipinski definition) is 6. The predicted octanol–water partition coefficient (Wildman–Crippen LogP) is 3.56. The number of ether oxygens (including phenoxy) is 3. The third-order valence-corrected chi connectivity index (χ3v) is 3.59. The van der Waals surface area contributed by atoms with Crippen molar-refractivity contribution < 1.29 is 18.6 Å². The molecule has 1 aromatic heterocycles. The van der Waals surface area contributed by atoms with E-state index in [-0.39, 0.29) is 0 Å². The molecule has 0 aliphatic carbocycles. The molecule has 0 radical (unpaired) electrons. The third-order valence-electron chi connectivity index (χ3n) is 3.59. The van der Waals surface area contributed by atoms with Gasteiger partial charge in [0.15, 0.2) is 17.1 Å². The molecule has 0 spiro atoms. The maximum absolute atomic E-state index is 5.84. The van der Waals surface area contributed by atoms with Crippen LogP contribution in [0.3, 0.4) is 0 Å². The molecule has 23 heavy (non-hydrogen) atoms. The monoisotopic (exact) mass is 314 g/mol. The molecule has 0 aliphatic heterocycles. The van der Waals surface area contributed by atoms with E-state index in [1.54, 1.807) is 21.3 Å². The second kappa shape index (κ2) is 6.08. The lowest BCUT2D eigenvalue weighted by molar-refractivity contribution is 0.324. The first-order chi connectivity index (χ1) is 11.2. The molecule has 120 valence electrons. The number of fused-ring (bicyclic) bond motifs is 1. The second-order valence-electron chi connectivity index (χ2n) is 4.87. The van der Waals surface area contributed by atoms with Gasteiger partial charge >= 0.3 is 0 Å². The van der Waals surface area contributed by atoms with Gasteiger partial charge in [-0.2, -0.15) is 0 Å². The van der Waals surface area contributed by atoms with E-state index in [9.17, 15) is 0 Å². The van der Waals surface area contributed by atoms with Crippen molar-refractivity contribution in [1.29, 1.82) is 0 Å². The Morgan fingerprint density at radius 2 is 1.65 bits per heavy atom. The summed E-state index contributed by atoms with van der Waals surface area (Å²) >= 11 is 0. The van der Waals surface area contributed by atoms with E-state index < -0.39 is 0 Å². The first-order valence-electron chi connectivity index (χ1n) is 7.09. The number of hydrogen-bond donors (Lipinski definition) is 1. The average molecular weight is 314 g/mol. The van der Waals surface area contributed by atoms with E-state index in [0.717, 1.165) is 16.8 Å². The fourth-order valence-corrected chi connectivity index (χ4v) is 2.41. The van der Waals surface area contributed by atoms with Crippen LogP contribution in [-0.2, 0) is 0 Å². The van der Waals surface area contributed by atoms with E-state index in [1.807, 2.05) is 37.4 Å². The quantitative estimate of drug-likeness (QED) is 0.777. The summed E-state index contributed by atoms with van der Waals surface area (Å²) in [5.74, 6) is 2.14. The Hall–Kier alpha value is -2.89. The van der Waals surface area contributed by atoms with Crippen LogP contribution in [0.1, 0.15) is 0 Å². The maximum Gasteiger partial charge on any atom is 0.227 e. The Balaban J connectivity index is 2.14. The van der Waals surface area contributed by atoms with Crippen molar-refractivity contribution >= 4 is 16.8 Å². The van der Waals surface area contributed by atoms with Gasteiger partial charge in [-0.3, -0.25) is 0 Å². The molecule has 0 bridgehead atoms. The van der Waals surface area contributed by atoms with Crippen molar-refractivity contribution in [3.8, 4) is 28.7 Å². The second-order valence-corrected chi connectivity index (χ2v) is 4.87. The zero-order chi connectivity index (χ0) is 16.4. The maximum atomic E-state index is 5.84. The molecule has 6 heteroatoms. The van der Waals surface area contributed by atoms with Crippen LogP contribution in [-0.4, -0.2) is 33.4 Å². The normalized spacial score (nSPS) is 10.6. The Morgan fingerprint density at radius 3 is 2.22 bits per heavy atom. The number of nitrogens with zero attached hydrogens (tertiary/aromatic N) is 1. The van der Waals surface area contributed by atoms with E-state index in [4.69, 9.17) is 18.6 Å². The van der Waals surface area contributed by atoms with Crippen LogP contribution in [0.4, 0.5) is 5.69 Å². The number of aromatic nitrogens is 1. The summed E-state index contributed by atoms with van der Waals surface area (Å²) < 4.78 is 21.9. The molecule has 0 atom stereocenters. The van der Waals surface area contributed by atoms with Gasteiger partial charge in [-0.1, -0.05) is 0 Å². The van der Waals surface area contributed by atoms with Gasteiger partial charge in [0.1, 0.15) is 5.52 Å². The summed E-state index contributed by atoms with van der Waals surface area (Å²) in [5, 5.41) is 3.08. The summed E-state index contributed by atoms with van der Waals surface area (Å²) in [5.41, 5.74) is 3.22. The highest BCUT2D eigenvalue weighted by molar-refractivity contribution is 5.80. The Labute approximate surface area is 134 Å². The van der Waals surface area contributed by atoms with Crippen LogP contribution >= 0.6 is 0 Å². The van der Waals surface area contributed by atoms with Crippen molar-refractivity contribution in [2.45, 2.75) is 0 Å². The summed E-state index contributed by atoms with van der Waals surface area (Å²) in [4.78, 5) is 4.54. The standard InChI is InChI=1S/C17H18N2O4/c1-18-11-5-6-13-12(9-11)19-17(23-13)10-7-14(20-2)16(22-4)15(8-10)21-3/h5-9,18H,1-4H3. The highest BCUT2D eigenvalue weighted by Crippen LogP contribution is 2.41. The van der Waals surface area contributed by atoms with E-state index in [1.165, 1.54) is 0 Å². The van der Waals surface area contributed by atoms with Gasteiger partial charge in [-0.05, 0) is 30.3 Å². The number of anilines is 1. The van der Waals surface area contributed by atoms with Gasteiger partial charge in [0.2, 0.25) is 11.6 Å². The van der Waals surface area contributed by atoms with Crippen LogP contribution in [0.15, 0.2) is 34.7 Å². The van der Waals surface area contributed by atoms with Gasteiger partial charge in [0.25, 0.3) is 0 Å². The number of rotatable bonds is 5. The van der Waals surface area contributed by atoms with Crippen molar-refractivity contribution in [3.63, 3.8) is 0 Å². The minimum Gasteiger partial charge on any atom is -0.493 e. The topological polar surface area (TPSA) is 65.8 Å². The number of oxazole rings is 1. The molecule has 6 nitrogen and oxygen atoms in total. The molecule has 0 aliphatic rings. The first-order valence-corrected chi connectivity index (χ1v) is 7.09. The number of nitrogens with one attached hydrogen (secondary N) is 1. The summed E-state index contributed by atoms with van der Waals surface area (Å²) in [6.07, 6.45) is 0. The molecule has 0 saturated carbocycles. The van der Waals surface area contributed by atoms with E-state index in [0.29, 0.717) is 28.7 Å². The van der Waals surface area contributed by atoms with Crippen molar-refractivity contribution in [3.05, 3.63) is 30.3 Å². The summed E-state index contributed by atoms with van der Waals surface area (Å²) in [6, 6.07) is 9.37. The summed E-state index contributed by atoms with van der Waals surface area (Å²) in [7, 11) is 6.58. The molecule has 2 aromatic carbocycles. The predicted molar refractivity (Wildman–Crippen MR) is 88.6 cm³/mol. The van der Waals surface area contributed by atoms with Gasteiger partial charge < -0.3 is 23.9 Å². The van der Waals surface area contributed by atoms with Gasteiger partial charge in [-0.25, -0.2) is 4.98 Å². The molecular formula is C17H18N2O4. The molecular weight excluding hydrogens is 296 g/mol. The minimum atomic E-state index is 0.493. The van der Waals surface area contributed by atoms with E-state index in [2.05, 4.69) is 10.3 Å². The third kappa shape index (κ3) is 2.63. The number of methoxy groups -OCH3 is 3. The Morgan fingerprint density at radius 1 is 0.957 bits per heavy atom. The Bertz CT molecular complexity index is 817. The SMILES string of the molecule is CNc1ccc2oc(-c3cc(OC)c(OC)c(OC)c3)nc2c1. The number of benzene rings is 2. The highest BCUT2D eigenvalue weighted by Gasteiger charge is 2.17. The van der Waals surface area contributed by atoms with Gasteiger partial charge in [-0.15, -0.1) is 0 Å². The van der Waals surface area contributed by atoms with Gasteiger partial charge in [0, 0.05) is 18.3 Å². The van der Waals surface area contributed by atoms with Crippen LogP contribution < -0.4 is 19.5 Å². The minimum absolute atomic E-state index is 0.493. The lowest BCUT2D eigenvalue weighted by Gasteiger charge is -2.12. The zero-order valence-electron chi connectivity index (χ0n) is 13.5. The van der Waals surface area contributed by atoms with Crippen LogP contribution in [0.5, 0.6) is 17.2 Å². The van der Waals surface area contributed by atoms with E-state index >= 15 is 0 Å². The van der Waals surface area contributed by atoms with Crippen LogP contribution in [0.2, 0.25) is 0 Å². The fraction of sp³-hybridized carbons (Fsp3) is 0.235. The zero-order valence-corrected chi connectivity index (χ0v) is 13.5. The van der Waals surface area contributed by atoms with Crippen molar-refractivity contribution in [2.75, 3.05) is 33.7 Å². The van der Waals surface area contributed by atoms with Crippen LogP contribution in [0, 0.1) is 0 Å². The molecule has 3 rings (SSSR count). The molecule has 1 N–H and O–H groups in total. The first kappa shape index (κ1) is 15.0. The largest absolute Gasteiger partial charge is 0.493 e. The fourth-order valence-electron chi connectivity index (χ4n) is 2.41. The molecule has 3 aromatic rings. The summed E-state index contributed by atoms with van der Waals surface area (Å²) in [6.45, 7) is 0. The molecule has 0 amide bonds. The Kier molecular flexibility index (Phi) is 3.97. The molecule has 0 fully saturated rings. The van der Waals surface area contributed by atoms with Crippen molar-refractivity contribution in [2.24, 2.45) is 0 Å². The van der Waals surface area contributed by atoms with Gasteiger partial charge in [0.05, 0.1) is 21.3 Å².